The number of likely N-dealkylation sites (tertiary alicyclic amines) is 1. The van der Waals surface area contributed by atoms with Crippen LogP contribution in [-0.2, 0) is 0 Å². The van der Waals surface area contributed by atoms with E-state index in [-0.39, 0.29) is 24.6 Å². The minimum Gasteiger partial charge on any atom is -0.454 e. The third-order valence-electron chi connectivity index (χ3n) is 5.21. The first-order valence-corrected chi connectivity index (χ1v) is 9.70. The number of halogens is 1. The molecule has 3 heterocycles. The molecule has 8 nitrogen and oxygen atoms in total. The molecule has 1 aromatic heterocycles. The van der Waals surface area contributed by atoms with Gasteiger partial charge in [0.2, 0.25) is 18.6 Å². The van der Waals surface area contributed by atoms with E-state index in [1.807, 2.05) is 18.2 Å². The average molecular weight is 410 g/mol. The number of urea groups is 1. The van der Waals surface area contributed by atoms with Crippen LogP contribution < -0.4 is 14.8 Å². The van der Waals surface area contributed by atoms with Crippen LogP contribution in [0.1, 0.15) is 24.7 Å². The number of hydrogen-bond acceptors (Lipinski definition) is 6. The fraction of sp³-hybridized carbons (Fsp3) is 0.286. The van der Waals surface area contributed by atoms with Crippen LogP contribution in [0.3, 0.4) is 0 Å². The Hall–Kier alpha value is -3.62. The topological polar surface area (TPSA) is 89.7 Å². The van der Waals surface area contributed by atoms with Crippen molar-refractivity contribution in [2.75, 3.05) is 25.2 Å². The summed E-state index contributed by atoms with van der Waals surface area (Å²) < 4.78 is 29.7. The number of carbonyl (C=O) groups excluding carboxylic acids is 1. The van der Waals surface area contributed by atoms with Crippen LogP contribution in [0.5, 0.6) is 11.5 Å². The predicted octanol–water partition coefficient (Wildman–Crippen LogP) is 4.02. The molecule has 2 aromatic carbocycles. The molecule has 0 aliphatic carbocycles. The lowest BCUT2D eigenvalue weighted by molar-refractivity contribution is 0.174. The van der Waals surface area contributed by atoms with E-state index in [9.17, 15) is 9.18 Å². The van der Waals surface area contributed by atoms with Crippen molar-refractivity contribution < 1.29 is 23.1 Å². The molecule has 1 saturated heterocycles. The second-order valence-corrected chi connectivity index (χ2v) is 7.24. The van der Waals surface area contributed by atoms with Crippen LogP contribution in [0.2, 0.25) is 0 Å². The Morgan fingerprint density at radius 3 is 2.80 bits per heavy atom. The summed E-state index contributed by atoms with van der Waals surface area (Å²) >= 11 is 0. The highest BCUT2D eigenvalue weighted by molar-refractivity contribution is 5.89. The number of fused-ring (bicyclic) bond motifs is 1. The van der Waals surface area contributed by atoms with E-state index in [4.69, 9.17) is 13.9 Å². The molecule has 2 amide bonds. The predicted molar refractivity (Wildman–Crippen MR) is 105 cm³/mol. The van der Waals surface area contributed by atoms with Gasteiger partial charge >= 0.3 is 6.03 Å². The fourth-order valence-corrected chi connectivity index (χ4v) is 3.64. The largest absolute Gasteiger partial charge is 0.454 e. The second kappa shape index (κ2) is 7.66. The Kier molecular flexibility index (Phi) is 4.70. The van der Waals surface area contributed by atoms with Gasteiger partial charge in [-0.05, 0) is 55.3 Å². The summed E-state index contributed by atoms with van der Waals surface area (Å²) in [5.74, 6) is 1.84. The average Bonchev–Trinajstić information content (AvgIpc) is 3.44. The molecule has 2 aliphatic rings. The third-order valence-corrected chi connectivity index (χ3v) is 5.21. The first kappa shape index (κ1) is 18.4. The third kappa shape index (κ3) is 3.66. The quantitative estimate of drug-likeness (QED) is 0.702. The van der Waals surface area contributed by atoms with Crippen LogP contribution in [0.15, 0.2) is 46.9 Å². The highest BCUT2D eigenvalue weighted by Gasteiger charge is 2.29. The Labute approximate surface area is 171 Å². The van der Waals surface area contributed by atoms with Gasteiger partial charge in [0, 0.05) is 24.3 Å². The Bertz CT molecular complexity index is 1070. The summed E-state index contributed by atoms with van der Waals surface area (Å²) in [5, 5.41) is 11.2. The van der Waals surface area contributed by atoms with E-state index in [0.717, 1.165) is 18.4 Å². The summed E-state index contributed by atoms with van der Waals surface area (Å²) in [6, 6.07) is 10.9. The van der Waals surface area contributed by atoms with Gasteiger partial charge in [-0.2, -0.15) is 0 Å². The van der Waals surface area contributed by atoms with Crippen LogP contribution in [0.4, 0.5) is 14.9 Å². The van der Waals surface area contributed by atoms with E-state index in [1.165, 1.54) is 24.3 Å². The van der Waals surface area contributed by atoms with Crippen molar-refractivity contribution in [1.82, 2.24) is 15.1 Å². The van der Waals surface area contributed by atoms with Crippen molar-refractivity contribution in [2.45, 2.75) is 18.8 Å². The second-order valence-electron chi connectivity index (χ2n) is 7.24. The van der Waals surface area contributed by atoms with Crippen molar-refractivity contribution in [3.05, 3.63) is 54.2 Å². The van der Waals surface area contributed by atoms with E-state index in [1.54, 1.807) is 4.90 Å². The minimum atomic E-state index is -0.347. The number of hydrogen-bond donors (Lipinski definition) is 1. The van der Waals surface area contributed by atoms with Crippen LogP contribution >= 0.6 is 0 Å². The maximum Gasteiger partial charge on any atom is 0.321 e. The van der Waals surface area contributed by atoms with Gasteiger partial charge in [0.05, 0.1) is 5.92 Å². The van der Waals surface area contributed by atoms with Crippen molar-refractivity contribution in [1.29, 1.82) is 0 Å². The molecule has 1 fully saturated rings. The number of ether oxygens (including phenoxy) is 2. The van der Waals surface area contributed by atoms with Crippen LogP contribution in [0, 0.1) is 5.82 Å². The zero-order valence-electron chi connectivity index (χ0n) is 16.0. The summed E-state index contributed by atoms with van der Waals surface area (Å²) in [6.45, 7) is 1.30. The molecule has 9 heteroatoms. The van der Waals surface area contributed by atoms with E-state index >= 15 is 0 Å². The summed E-state index contributed by atoms with van der Waals surface area (Å²) in [5.41, 5.74) is 1.30. The van der Waals surface area contributed by atoms with Gasteiger partial charge in [-0.1, -0.05) is 0 Å². The highest BCUT2D eigenvalue weighted by atomic mass is 19.1. The molecule has 154 valence electrons. The molecule has 3 aromatic rings. The molecule has 0 bridgehead atoms. The van der Waals surface area contributed by atoms with Crippen LogP contribution in [0.25, 0.3) is 11.5 Å². The smallest absolute Gasteiger partial charge is 0.321 e. The monoisotopic (exact) mass is 410 g/mol. The SMILES string of the molecule is O=C(Nc1ccc(F)cc1)N1CCCC(c2nnc(-c3ccc4c(c3)OCO4)o2)C1. The lowest BCUT2D eigenvalue weighted by Crippen LogP contribution is -2.41. The molecule has 30 heavy (non-hydrogen) atoms. The van der Waals surface area contributed by atoms with Crippen LogP contribution in [-0.4, -0.2) is 41.0 Å². The molecule has 1 atom stereocenters. The summed E-state index contributed by atoms with van der Waals surface area (Å²) in [7, 11) is 0. The molecule has 1 unspecified atom stereocenters. The fourth-order valence-electron chi connectivity index (χ4n) is 3.64. The van der Waals surface area contributed by atoms with E-state index in [2.05, 4.69) is 15.5 Å². The first-order chi connectivity index (χ1) is 14.7. The molecule has 0 spiro atoms. The lowest BCUT2D eigenvalue weighted by atomic mass is 9.98. The molecule has 0 radical (unpaired) electrons. The Balaban J connectivity index is 1.27. The maximum atomic E-state index is 13.0. The van der Waals surface area contributed by atoms with Gasteiger partial charge in [0.1, 0.15) is 5.82 Å². The highest BCUT2D eigenvalue weighted by Crippen LogP contribution is 2.36. The zero-order chi connectivity index (χ0) is 20.5. The van der Waals surface area contributed by atoms with Gasteiger partial charge in [-0.25, -0.2) is 9.18 Å². The van der Waals surface area contributed by atoms with Gasteiger partial charge < -0.3 is 24.1 Å². The molecule has 5 rings (SSSR count). The van der Waals surface area contributed by atoms with Gasteiger partial charge in [0.25, 0.3) is 0 Å². The number of piperidine rings is 1. The van der Waals surface area contributed by atoms with E-state index in [0.29, 0.717) is 42.1 Å². The minimum absolute atomic E-state index is 0.0482. The number of nitrogens with one attached hydrogen (secondary N) is 1. The van der Waals surface area contributed by atoms with Crippen molar-refractivity contribution in [3.63, 3.8) is 0 Å². The molecular formula is C21H19FN4O4. The number of amides is 2. The normalized spacial score (nSPS) is 17.8. The van der Waals surface area contributed by atoms with Crippen molar-refractivity contribution in [2.24, 2.45) is 0 Å². The van der Waals surface area contributed by atoms with Gasteiger partial charge in [-0.3, -0.25) is 0 Å². The standard InChI is InChI=1S/C21H19FN4O4/c22-15-4-6-16(7-5-15)23-21(27)26-9-1-2-14(11-26)20-25-24-19(30-20)13-3-8-17-18(10-13)29-12-28-17/h3-8,10,14H,1-2,9,11-12H2,(H,23,27). The molecule has 1 N–H and O–H groups in total. The zero-order valence-corrected chi connectivity index (χ0v) is 16.0. The number of rotatable bonds is 3. The number of nitrogens with zero attached hydrogens (tertiary/aromatic N) is 3. The van der Waals surface area contributed by atoms with Crippen molar-refractivity contribution in [3.8, 4) is 23.0 Å². The molecular weight excluding hydrogens is 391 g/mol. The molecule has 2 aliphatic heterocycles. The van der Waals surface area contributed by atoms with Crippen molar-refractivity contribution >= 4 is 11.7 Å². The Morgan fingerprint density at radius 2 is 1.93 bits per heavy atom. The van der Waals surface area contributed by atoms with Gasteiger partial charge in [0.15, 0.2) is 11.5 Å². The Morgan fingerprint density at radius 1 is 1.10 bits per heavy atom. The summed E-state index contributed by atoms with van der Waals surface area (Å²) in [6.07, 6.45) is 1.67. The molecule has 0 saturated carbocycles. The first-order valence-electron chi connectivity index (χ1n) is 9.70. The number of carbonyl (C=O) groups is 1. The van der Waals surface area contributed by atoms with E-state index < -0.39 is 0 Å². The summed E-state index contributed by atoms with van der Waals surface area (Å²) in [4.78, 5) is 14.3. The number of aromatic nitrogens is 2. The number of anilines is 1. The maximum absolute atomic E-state index is 13.0. The van der Waals surface area contributed by atoms with Gasteiger partial charge in [-0.15, -0.1) is 10.2 Å². The lowest BCUT2D eigenvalue weighted by Gasteiger charge is -2.31. The number of benzene rings is 2.